The van der Waals surface area contributed by atoms with Gasteiger partial charge in [0.15, 0.2) is 5.82 Å². The Hall–Kier alpha value is -1.49. The topological polar surface area (TPSA) is 40.7 Å². The van der Waals surface area contributed by atoms with Gasteiger partial charge >= 0.3 is 0 Å². The molecule has 1 fully saturated rings. The fraction of sp³-hybridized carbons (Fsp3) is 0.533. The number of nitrogens with zero attached hydrogens (tertiary/aromatic N) is 1. The predicted octanol–water partition coefficient (Wildman–Crippen LogP) is 3.02. The van der Waals surface area contributed by atoms with Gasteiger partial charge in [0.1, 0.15) is 17.2 Å². The van der Waals surface area contributed by atoms with E-state index in [1.165, 1.54) is 18.9 Å². The van der Waals surface area contributed by atoms with Crippen molar-refractivity contribution in [2.45, 2.75) is 26.2 Å². The number of aromatic amines is 1. The molecule has 2 aromatic rings. The van der Waals surface area contributed by atoms with Gasteiger partial charge in [-0.05, 0) is 43.8 Å². The van der Waals surface area contributed by atoms with Crippen molar-refractivity contribution >= 4 is 11.0 Å². The Morgan fingerprint density at radius 2 is 2.25 bits per heavy atom. The van der Waals surface area contributed by atoms with Gasteiger partial charge < -0.3 is 10.3 Å². The van der Waals surface area contributed by atoms with Crippen molar-refractivity contribution in [1.82, 2.24) is 15.3 Å². The average molecular weight is 279 g/mol. The van der Waals surface area contributed by atoms with Crippen LogP contribution in [-0.4, -0.2) is 23.1 Å². The van der Waals surface area contributed by atoms with Gasteiger partial charge in [-0.2, -0.15) is 0 Å². The molecule has 2 heterocycles. The maximum absolute atomic E-state index is 13.6. The number of hydrogen-bond donors (Lipinski definition) is 2. The first-order valence-electron chi connectivity index (χ1n) is 7.18. The molecule has 1 aromatic carbocycles. The molecule has 0 radical (unpaired) electrons. The fourth-order valence-electron chi connectivity index (χ4n) is 3.03. The van der Waals surface area contributed by atoms with E-state index in [0.29, 0.717) is 17.4 Å². The van der Waals surface area contributed by atoms with Crippen LogP contribution in [0.2, 0.25) is 0 Å². The Labute approximate surface area is 116 Å². The largest absolute Gasteiger partial charge is 0.342 e. The number of H-pyrrole nitrogens is 1. The summed E-state index contributed by atoms with van der Waals surface area (Å²) in [6.07, 6.45) is 3.19. The lowest BCUT2D eigenvalue weighted by molar-refractivity contribution is 0.276. The molecule has 0 spiro atoms. The van der Waals surface area contributed by atoms with Crippen molar-refractivity contribution in [3.05, 3.63) is 29.6 Å². The predicted molar refractivity (Wildman–Crippen MR) is 74.5 cm³/mol. The first-order valence-corrected chi connectivity index (χ1v) is 7.18. The van der Waals surface area contributed by atoms with Crippen LogP contribution in [0.15, 0.2) is 12.1 Å². The van der Waals surface area contributed by atoms with Crippen LogP contribution in [0.3, 0.4) is 0 Å². The number of imidazole rings is 1. The van der Waals surface area contributed by atoms with E-state index in [1.807, 2.05) is 0 Å². The summed E-state index contributed by atoms with van der Waals surface area (Å²) in [5.74, 6) is 0.654. The van der Waals surface area contributed by atoms with Gasteiger partial charge in [-0.3, -0.25) is 0 Å². The molecule has 2 N–H and O–H groups in total. The van der Waals surface area contributed by atoms with E-state index >= 15 is 0 Å². The molecule has 0 amide bonds. The molecule has 0 saturated carbocycles. The first-order chi connectivity index (χ1) is 9.63. The third-order valence-corrected chi connectivity index (χ3v) is 4.21. The quantitative estimate of drug-likeness (QED) is 0.906. The lowest BCUT2D eigenvalue weighted by Gasteiger charge is -2.27. The zero-order valence-electron chi connectivity index (χ0n) is 11.5. The lowest BCUT2D eigenvalue weighted by Crippen LogP contribution is -2.34. The summed E-state index contributed by atoms with van der Waals surface area (Å²) in [5, 5.41) is 3.40. The van der Waals surface area contributed by atoms with Gasteiger partial charge in [0.2, 0.25) is 0 Å². The molecular formula is C15H19F2N3. The smallest absolute Gasteiger partial charge is 0.153 e. The molecule has 1 aliphatic rings. The average Bonchev–Trinajstić information content (AvgIpc) is 2.82. The van der Waals surface area contributed by atoms with Crippen molar-refractivity contribution < 1.29 is 8.78 Å². The first kappa shape index (κ1) is 13.5. The molecule has 3 nitrogen and oxygen atoms in total. The van der Waals surface area contributed by atoms with Crippen LogP contribution in [0.5, 0.6) is 0 Å². The number of benzene rings is 1. The summed E-state index contributed by atoms with van der Waals surface area (Å²) in [6, 6.07) is 2.17. The third-order valence-electron chi connectivity index (χ3n) is 4.21. The second kappa shape index (κ2) is 5.48. The summed E-state index contributed by atoms with van der Waals surface area (Å²) in [4.78, 5) is 7.31. The fourth-order valence-corrected chi connectivity index (χ4v) is 3.03. The van der Waals surface area contributed by atoms with Crippen molar-refractivity contribution in [2.24, 2.45) is 11.8 Å². The third kappa shape index (κ3) is 2.68. The molecule has 20 heavy (non-hydrogen) atoms. The summed E-state index contributed by atoms with van der Waals surface area (Å²) in [5.41, 5.74) is 0.668. The Morgan fingerprint density at radius 1 is 1.40 bits per heavy atom. The molecule has 3 rings (SSSR count). The van der Waals surface area contributed by atoms with E-state index in [9.17, 15) is 8.78 Å². The van der Waals surface area contributed by atoms with Crippen molar-refractivity contribution in [1.29, 1.82) is 0 Å². The number of piperidine rings is 1. The number of nitrogens with one attached hydrogen (secondary N) is 2. The Balaban J connectivity index is 1.78. The van der Waals surface area contributed by atoms with E-state index in [-0.39, 0.29) is 5.52 Å². The minimum Gasteiger partial charge on any atom is -0.342 e. The SMILES string of the molecule is CC(Cc1nc2c(F)cc(F)cc2[nH]1)C1CCCNC1. The summed E-state index contributed by atoms with van der Waals surface area (Å²) in [7, 11) is 0. The number of rotatable bonds is 3. The number of halogens is 2. The zero-order chi connectivity index (χ0) is 14.1. The molecule has 1 saturated heterocycles. The Kier molecular flexibility index (Phi) is 3.70. The monoisotopic (exact) mass is 279 g/mol. The lowest BCUT2D eigenvalue weighted by atomic mass is 9.85. The Morgan fingerprint density at radius 3 is 3.00 bits per heavy atom. The molecule has 1 aliphatic heterocycles. The second-order valence-corrected chi connectivity index (χ2v) is 5.76. The molecule has 1 aromatic heterocycles. The number of fused-ring (bicyclic) bond motifs is 1. The molecule has 0 bridgehead atoms. The van der Waals surface area contributed by atoms with Gasteiger partial charge in [0, 0.05) is 12.5 Å². The van der Waals surface area contributed by atoms with E-state index in [1.54, 1.807) is 0 Å². The highest BCUT2D eigenvalue weighted by molar-refractivity contribution is 5.75. The highest BCUT2D eigenvalue weighted by atomic mass is 19.1. The minimum atomic E-state index is -0.602. The van der Waals surface area contributed by atoms with E-state index in [0.717, 1.165) is 31.4 Å². The van der Waals surface area contributed by atoms with Gasteiger partial charge in [-0.1, -0.05) is 6.92 Å². The molecule has 0 aliphatic carbocycles. The summed E-state index contributed by atoms with van der Waals surface area (Å²) < 4.78 is 26.8. The van der Waals surface area contributed by atoms with Crippen LogP contribution in [0.25, 0.3) is 11.0 Å². The highest BCUT2D eigenvalue weighted by Gasteiger charge is 2.21. The zero-order valence-corrected chi connectivity index (χ0v) is 11.5. The molecule has 108 valence electrons. The maximum atomic E-state index is 13.6. The number of hydrogen-bond acceptors (Lipinski definition) is 2. The molecule has 2 unspecified atom stereocenters. The molecule has 2 atom stereocenters. The molecule has 5 heteroatoms. The van der Waals surface area contributed by atoms with Crippen LogP contribution in [0, 0.1) is 23.5 Å². The van der Waals surface area contributed by atoms with Gasteiger partial charge in [0.05, 0.1) is 5.52 Å². The van der Waals surface area contributed by atoms with Crippen molar-refractivity contribution in [3.63, 3.8) is 0 Å². The van der Waals surface area contributed by atoms with Crippen LogP contribution < -0.4 is 5.32 Å². The standard InChI is InChI=1S/C15H19F2N3/c1-9(10-3-2-4-18-8-10)5-14-19-13-7-11(16)6-12(17)15(13)20-14/h6-7,9-10,18H,2-5,8H2,1H3,(H,19,20). The van der Waals surface area contributed by atoms with Crippen molar-refractivity contribution in [3.8, 4) is 0 Å². The Bertz CT molecular complexity index is 602. The normalized spacial score (nSPS) is 21.2. The van der Waals surface area contributed by atoms with Crippen LogP contribution in [0.4, 0.5) is 8.78 Å². The van der Waals surface area contributed by atoms with E-state index in [4.69, 9.17) is 0 Å². The molecular weight excluding hydrogens is 260 g/mol. The van der Waals surface area contributed by atoms with Crippen molar-refractivity contribution in [2.75, 3.05) is 13.1 Å². The summed E-state index contributed by atoms with van der Waals surface area (Å²) in [6.45, 7) is 4.32. The van der Waals surface area contributed by atoms with E-state index in [2.05, 4.69) is 22.2 Å². The van der Waals surface area contributed by atoms with Crippen LogP contribution in [-0.2, 0) is 6.42 Å². The maximum Gasteiger partial charge on any atom is 0.153 e. The second-order valence-electron chi connectivity index (χ2n) is 5.76. The van der Waals surface area contributed by atoms with Gasteiger partial charge in [-0.15, -0.1) is 0 Å². The van der Waals surface area contributed by atoms with E-state index < -0.39 is 11.6 Å². The van der Waals surface area contributed by atoms with Gasteiger partial charge in [0.25, 0.3) is 0 Å². The summed E-state index contributed by atoms with van der Waals surface area (Å²) >= 11 is 0. The minimum absolute atomic E-state index is 0.232. The van der Waals surface area contributed by atoms with Crippen LogP contribution >= 0.6 is 0 Å². The van der Waals surface area contributed by atoms with Crippen LogP contribution in [0.1, 0.15) is 25.6 Å². The van der Waals surface area contributed by atoms with Gasteiger partial charge in [-0.25, -0.2) is 13.8 Å². The number of aromatic nitrogens is 2. The highest BCUT2D eigenvalue weighted by Crippen LogP contribution is 2.24.